The number of para-hydroxylation sites is 1. The van der Waals surface area contributed by atoms with Gasteiger partial charge in [0.25, 0.3) is 0 Å². The van der Waals surface area contributed by atoms with Gasteiger partial charge in [0.1, 0.15) is 5.75 Å². The standard InChI is InChI=1S/C31H42BrN3O7Si/c1-39-29(36)28(20-22-9-10-27(25(32)19-22)41-21-40-17-18-43(2,3)4)42-31(38)34-14-12-24(13-15-34)35-16-11-23-7-5-6-8-26(23)33-30(35)37/h5-10,19,24,28H,11-18,20-21H2,1-4H3,(H,33,37). The molecular weight excluding hydrogens is 634 g/mol. The summed E-state index contributed by atoms with van der Waals surface area (Å²) in [5.74, 6) is -0.00973. The number of nitrogens with one attached hydrogen (secondary N) is 1. The van der Waals surface area contributed by atoms with E-state index < -0.39 is 26.2 Å². The fraction of sp³-hybridized carbons (Fsp3) is 0.516. The van der Waals surface area contributed by atoms with Gasteiger partial charge < -0.3 is 34.1 Å². The van der Waals surface area contributed by atoms with E-state index in [1.165, 1.54) is 7.11 Å². The number of likely N-dealkylation sites (tertiary alicyclic amines) is 1. The second-order valence-electron chi connectivity index (χ2n) is 12.1. The average molecular weight is 677 g/mol. The van der Waals surface area contributed by atoms with Crippen LogP contribution in [-0.2, 0) is 31.8 Å². The summed E-state index contributed by atoms with van der Waals surface area (Å²) in [6.07, 6.45) is 0.489. The second-order valence-corrected chi connectivity index (χ2v) is 18.6. The topological polar surface area (TPSA) is 107 Å². The third-order valence-corrected chi connectivity index (χ3v) is 10.0. The Morgan fingerprint density at radius 3 is 2.53 bits per heavy atom. The van der Waals surface area contributed by atoms with Crippen LogP contribution in [-0.4, -0.2) is 88.3 Å². The lowest BCUT2D eigenvalue weighted by Crippen LogP contribution is -2.50. The van der Waals surface area contributed by atoms with Gasteiger partial charge in [0.15, 0.2) is 6.79 Å². The van der Waals surface area contributed by atoms with Crippen LogP contribution in [0.25, 0.3) is 0 Å². The van der Waals surface area contributed by atoms with E-state index in [1.807, 2.05) is 41.3 Å². The highest BCUT2D eigenvalue weighted by Crippen LogP contribution is 2.28. The van der Waals surface area contributed by atoms with Gasteiger partial charge in [-0.15, -0.1) is 0 Å². The number of amides is 3. The number of carbonyl (C=O) groups is 3. The van der Waals surface area contributed by atoms with Gasteiger partial charge in [-0.05, 0) is 70.6 Å². The molecule has 0 aliphatic carbocycles. The molecule has 0 bridgehead atoms. The molecule has 2 aromatic rings. The third kappa shape index (κ3) is 9.44. The number of anilines is 1. The molecule has 234 valence electrons. The number of hydrogen-bond donors (Lipinski definition) is 1. The molecule has 2 aliphatic rings. The summed E-state index contributed by atoms with van der Waals surface area (Å²) in [7, 11) is 0.108. The van der Waals surface area contributed by atoms with Crippen molar-refractivity contribution in [3.63, 3.8) is 0 Å². The van der Waals surface area contributed by atoms with E-state index in [2.05, 4.69) is 40.9 Å². The molecule has 0 spiro atoms. The monoisotopic (exact) mass is 675 g/mol. The van der Waals surface area contributed by atoms with E-state index >= 15 is 0 Å². The summed E-state index contributed by atoms with van der Waals surface area (Å²) >= 11 is 3.52. The maximum atomic E-state index is 13.1. The Kier molecular flexibility index (Phi) is 11.5. The maximum absolute atomic E-state index is 13.1. The molecule has 10 nitrogen and oxygen atoms in total. The number of esters is 1. The minimum atomic E-state index is -1.16. The third-order valence-electron chi connectivity index (χ3n) is 7.72. The van der Waals surface area contributed by atoms with Crippen molar-refractivity contribution < 1.29 is 33.3 Å². The zero-order valence-electron chi connectivity index (χ0n) is 25.4. The van der Waals surface area contributed by atoms with Crippen LogP contribution in [0.3, 0.4) is 0 Å². The smallest absolute Gasteiger partial charge is 0.410 e. The number of piperidine rings is 1. The van der Waals surface area contributed by atoms with Crippen molar-refractivity contribution in [3.05, 3.63) is 58.1 Å². The highest BCUT2D eigenvalue weighted by atomic mass is 79.9. The Morgan fingerprint density at radius 1 is 1.09 bits per heavy atom. The largest absolute Gasteiger partial charge is 0.466 e. The lowest BCUT2D eigenvalue weighted by Gasteiger charge is -2.37. The summed E-state index contributed by atoms with van der Waals surface area (Å²) in [5, 5.41) is 3.01. The SMILES string of the molecule is COC(=O)C(Cc1ccc(OCOCC[Si](C)(C)C)c(Br)c1)OC(=O)N1CCC(N2CCc3ccccc3NC2=O)CC1. The minimum absolute atomic E-state index is 0.0126. The Hall–Kier alpha value is -3.09. The molecule has 1 unspecified atom stereocenters. The lowest BCUT2D eigenvalue weighted by atomic mass is 10.0. The Labute approximate surface area is 263 Å². The van der Waals surface area contributed by atoms with Gasteiger partial charge in [0.2, 0.25) is 6.10 Å². The highest BCUT2D eigenvalue weighted by Gasteiger charge is 2.33. The van der Waals surface area contributed by atoms with Gasteiger partial charge in [-0.2, -0.15) is 0 Å². The van der Waals surface area contributed by atoms with Crippen LogP contribution in [0.4, 0.5) is 15.3 Å². The van der Waals surface area contributed by atoms with E-state index in [0.717, 1.165) is 29.3 Å². The Morgan fingerprint density at radius 2 is 1.84 bits per heavy atom. The molecule has 1 saturated heterocycles. The normalized spacial score (nSPS) is 16.5. The molecule has 0 saturated carbocycles. The average Bonchev–Trinajstić information content (AvgIpc) is 3.14. The van der Waals surface area contributed by atoms with Gasteiger partial charge in [-0.1, -0.05) is 43.9 Å². The summed E-state index contributed by atoms with van der Waals surface area (Å²) in [6.45, 7) is 9.17. The lowest BCUT2D eigenvalue weighted by molar-refractivity contribution is -0.151. The molecule has 0 radical (unpaired) electrons. The second kappa shape index (κ2) is 15.1. The maximum Gasteiger partial charge on any atom is 0.410 e. The molecule has 2 aliphatic heterocycles. The van der Waals surface area contributed by atoms with E-state index in [-0.39, 0.29) is 25.3 Å². The van der Waals surface area contributed by atoms with Gasteiger partial charge >= 0.3 is 18.1 Å². The van der Waals surface area contributed by atoms with Crippen molar-refractivity contribution in [3.8, 4) is 5.75 Å². The fourth-order valence-corrected chi connectivity index (χ4v) is 6.44. The van der Waals surface area contributed by atoms with E-state index in [1.54, 1.807) is 11.0 Å². The van der Waals surface area contributed by atoms with Gasteiger partial charge in [0, 0.05) is 52.5 Å². The number of hydrogen-bond acceptors (Lipinski definition) is 7. The molecule has 1 N–H and O–H groups in total. The van der Waals surface area contributed by atoms with Crippen LogP contribution in [0.1, 0.15) is 24.0 Å². The molecule has 4 rings (SSSR count). The first kappa shape index (κ1) is 32.8. The van der Waals surface area contributed by atoms with Crippen molar-refractivity contribution in [1.29, 1.82) is 0 Å². The predicted molar refractivity (Wildman–Crippen MR) is 170 cm³/mol. The van der Waals surface area contributed by atoms with Crippen molar-refractivity contribution >= 4 is 47.8 Å². The molecule has 0 aromatic heterocycles. The first-order valence-corrected chi connectivity index (χ1v) is 19.2. The van der Waals surface area contributed by atoms with Gasteiger partial charge in [-0.25, -0.2) is 14.4 Å². The molecule has 2 aromatic carbocycles. The number of carbonyl (C=O) groups excluding carboxylic acids is 3. The molecule has 12 heteroatoms. The van der Waals surface area contributed by atoms with Gasteiger partial charge in [-0.3, -0.25) is 0 Å². The number of nitrogens with zero attached hydrogens (tertiary/aromatic N) is 2. The fourth-order valence-electron chi connectivity index (χ4n) is 5.14. The Bertz CT molecular complexity index is 1280. The van der Waals surface area contributed by atoms with Crippen LogP contribution in [0.2, 0.25) is 25.7 Å². The van der Waals surface area contributed by atoms with Crippen molar-refractivity contribution in [2.75, 3.05) is 45.5 Å². The van der Waals surface area contributed by atoms with E-state index in [0.29, 0.717) is 49.3 Å². The number of halogens is 1. The first-order chi connectivity index (χ1) is 20.5. The number of fused-ring (bicyclic) bond motifs is 1. The van der Waals surface area contributed by atoms with Crippen LogP contribution >= 0.6 is 15.9 Å². The summed E-state index contributed by atoms with van der Waals surface area (Å²) in [4.78, 5) is 42.0. The summed E-state index contributed by atoms with van der Waals surface area (Å²) < 4.78 is 22.7. The van der Waals surface area contributed by atoms with Gasteiger partial charge in [0.05, 0.1) is 11.6 Å². The van der Waals surface area contributed by atoms with Crippen molar-refractivity contribution in [2.45, 2.75) is 63.5 Å². The predicted octanol–water partition coefficient (Wildman–Crippen LogP) is 5.92. The Balaban J connectivity index is 1.27. The number of rotatable bonds is 11. The van der Waals surface area contributed by atoms with E-state index in [4.69, 9.17) is 18.9 Å². The van der Waals surface area contributed by atoms with E-state index in [9.17, 15) is 14.4 Å². The van der Waals surface area contributed by atoms with Crippen LogP contribution in [0.15, 0.2) is 46.9 Å². The molecule has 3 amide bonds. The molecule has 1 fully saturated rings. The van der Waals surface area contributed by atoms with Crippen molar-refractivity contribution in [1.82, 2.24) is 9.80 Å². The van der Waals surface area contributed by atoms with Crippen LogP contribution in [0.5, 0.6) is 5.75 Å². The molecular formula is C31H42BrN3O7Si. The quantitative estimate of drug-likeness (QED) is 0.136. The van der Waals surface area contributed by atoms with Crippen LogP contribution < -0.4 is 10.1 Å². The van der Waals surface area contributed by atoms with Crippen molar-refractivity contribution in [2.24, 2.45) is 0 Å². The first-order valence-electron chi connectivity index (χ1n) is 14.7. The summed E-state index contributed by atoms with van der Waals surface area (Å²) in [5.41, 5.74) is 2.74. The molecule has 43 heavy (non-hydrogen) atoms. The summed E-state index contributed by atoms with van der Waals surface area (Å²) in [6, 6.07) is 14.2. The molecule has 2 heterocycles. The number of benzene rings is 2. The van der Waals surface area contributed by atoms with Crippen LogP contribution in [0, 0.1) is 0 Å². The zero-order valence-corrected chi connectivity index (χ0v) is 28.0. The number of urea groups is 1. The minimum Gasteiger partial charge on any atom is -0.466 e. The zero-order chi connectivity index (χ0) is 31.0. The number of ether oxygens (including phenoxy) is 4. The highest BCUT2D eigenvalue weighted by molar-refractivity contribution is 9.10. The number of methoxy groups -OCH3 is 1. The molecule has 1 atom stereocenters.